The Bertz CT molecular complexity index is 588. The van der Waals surface area contributed by atoms with Crippen molar-refractivity contribution in [2.24, 2.45) is 5.41 Å². The van der Waals surface area contributed by atoms with Gasteiger partial charge in [0.25, 0.3) is 0 Å². The van der Waals surface area contributed by atoms with Crippen LogP contribution in [0.25, 0.3) is 0 Å². The minimum atomic E-state index is -3.73. The standard InChI is InChI=1S/C13H18Cl2N2O2S/c1-13(4-2-3-5-13)8-17-20(18,19)12-10(15)6-9(14)7-11(12)16/h6-7,17H,2-5,8,16H2,1H3. The largest absolute Gasteiger partial charge is 0.398 e. The van der Waals surface area contributed by atoms with Crippen LogP contribution in [0, 0.1) is 5.41 Å². The van der Waals surface area contributed by atoms with Gasteiger partial charge in [0.2, 0.25) is 10.0 Å². The van der Waals surface area contributed by atoms with Gasteiger partial charge in [0, 0.05) is 11.6 Å². The van der Waals surface area contributed by atoms with Crippen molar-refractivity contribution in [2.75, 3.05) is 12.3 Å². The summed E-state index contributed by atoms with van der Waals surface area (Å²) in [5.41, 5.74) is 5.81. The number of anilines is 1. The lowest BCUT2D eigenvalue weighted by Gasteiger charge is -2.24. The summed E-state index contributed by atoms with van der Waals surface area (Å²) in [5, 5.41) is 0.355. The highest BCUT2D eigenvalue weighted by molar-refractivity contribution is 7.89. The van der Waals surface area contributed by atoms with Crippen molar-refractivity contribution in [1.29, 1.82) is 0 Å². The minimum absolute atomic E-state index is 0.0146. The number of sulfonamides is 1. The summed E-state index contributed by atoms with van der Waals surface area (Å²) in [6, 6.07) is 2.77. The van der Waals surface area contributed by atoms with Crippen LogP contribution in [0.3, 0.4) is 0 Å². The fourth-order valence-corrected chi connectivity index (χ4v) is 4.79. The van der Waals surface area contributed by atoms with E-state index in [2.05, 4.69) is 11.6 Å². The number of nitrogen functional groups attached to an aromatic ring is 1. The molecular weight excluding hydrogens is 319 g/mol. The van der Waals surface area contributed by atoms with Crippen LogP contribution in [-0.4, -0.2) is 15.0 Å². The number of hydrogen-bond donors (Lipinski definition) is 2. The smallest absolute Gasteiger partial charge is 0.244 e. The Morgan fingerprint density at radius 3 is 2.45 bits per heavy atom. The van der Waals surface area contributed by atoms with Crippen molar-refractivity contribution in [3.63, 3.8) is 0 Å². The first-order valence-electron chi connectivity index (χ1n) is 6.48. The van der Waals surface area contributed by atoms with Gasteiger partial charge in [-0.2, -0.15) is 0 Å². The molecule has 20 heavy (non-hydrogen) atoms. The molecule has 0 bridgehead atoms. The zero-order valence-electron chi connectivity index (χ0n) is 11.2. The molecular formula is C13H18Cl2N2O2S. The number of hydrogen-bond acceptors (Lipinski definition) is 3. The number of nitrogens with one attached hydrogen (secondary N) is 1. The SMILES string of the molecule is CC1(CNS(=O)(=O)c2c(N)cc(Cl)cc2Cl)CCCC1. The summed E-state index contributed by atoms with van der Waals surface area (Å²) >= 11 is 11.8. The van der Waals surface area contributed by atoms with Crippen LogP contribution in [0.15, 0.2) is 17.0 Å². The number of benzene rings is 1. The molecule has 0 aliphatic heterocycles. The number of halogens is 2. The molecule has 0 spiro atoms. The molecule has 1 aromatic carbocycles. The van der Waals surface area contributed by atoms with E-state index < -0.39 is 10.0 Å². The summed E-state index contributed by atoms with van der Waals surface area (Å²) in [4.78, 5) is -0.0924. The van der Waals surface area contributed by atoms with Crippen LogP contribution in [0.5, 0.6) is 0 Å². The normalized spacial score (nSPS) is 18.4. The maximum absolute atomic E-state index is 12.4. The van der Waals surface area contributed by atoms with Gasteiger partial charge in [-0.05, 0) is 30.4 Å². The highest BCUT2D eigenvalue weighted by Gasteiger charge is 2.31. The van der Waals surface area contributed by atoms with Gasteiger partial charge in [-0.1, -0.05) is 43.0 Å². The summed E-state index contributed by atoms with van der Waals surface area (Å²) in [6.07, 6.45) is 4.34. The lowest BCUT2D eigenvalue weighted by molar-refractivity contribution is 0.336. The summed E-state index contributed by atoms with van der Waals surface area (Å²) in [6.45, 7) is 2.49. The van der Waals surface area contributed by atoms with Crippen LogP contribution in [0.2, 0.25) is 10.0 Å². The Balaban J connectivity index is 2.23. The monoisotopic (exact) mass is 336 g/mol. The third-order valence-electron chi connectivity index (χ3n) is 3.81. The fourth-order valence-electron chi connectivity index (χ4n) is 2.61. The fraction of sp³-hybridized carbons (Fsp3) is 0.538. The van der Waals surface area contributed by atoms with Crippen molar-refractivity contribution in [2.45, 2.75) is 37.5 Å². The first-order chi connectivity index (χ1) is 9.23. The predicted octanol–water partition coefficient (Wildman–Crippen LogP) is 3.43. The van der Waals surface area contributed by atoms with Crippen LogP contribution in [0.1, 0.15) is 32.6 Å². The topological polar surface area (TPSA) is 72.2 Å². The highest BCUT2D eigenvalue weighted by atomic mass is 35.5. The van der Waals surface area contributed by atoms with E-state index in [0.29, 0.717) is 11.6 Å². The van der Waals surface area contributed by atoms with Crippen LogP contribution < -0.4 is 10.5 Å². The van der Waals surface area contributed by atoms with Crippen molar-refractivity contribution in [3.8, 4) is 0 Å². The molecule has 7 heteroatoms. The van der Waals surface area contributed by atoms with Crippen molar-refractivity contribution in [1.82, 2.24) is 4.72 Å². The third-order valence-corrected chi connectivity index (χ3v) is 5.95. The first-order valence-corrected chi connectivity index (χ1v) is 8.72. The Labute approximate surface area is 129 Å². The molecule has 1 aliphatic rings. The van der Waals surface area contributed by atoms with Crippen molar-refractivity contribution < 1.29 is 8.42 Å². The van der Waals surface area contributed by atoms with Crippen LogP contribution >= 0.6 is 23.2 Å². The summed E-state index contributed by atoms with van der Waals surface area (Å²) < 4.78 is 27.4. The van der Waals surface area contributed by atoms with Crippen LogP contribution in [-0.2, 0) is 10.0 Å². The molecule has 1 aliphatic carbocycles. The lowest BCUT2D eigenvalue weighted by Crippen LogP contribution is -2.34. The van der Waals surface area contributed by atoms with E-state index in [4.69, 9.17) is 28.9 Å². The zero-order valence-corrected chi connectivity index (χ0v) is 13.6. The minimum Gasteiger partial charge on any atom is -0.398 e. The van der Waals surface area contributed by atoms with Gasteiger partial charge in [0.05, 0.1) is 10.7 Å². The summed E-state index contributed by atoms with van der Waals surface area (Å²) in [7, 11) is -3.73. The Hall–Kier alpha value is -0.490. The second kappa shape index (κ2) is 5.72. The Morgan fingerprint density at radius 1 is 1.30 bits per heavy atom. The highest BCUT2D eigenvalue weighted by Crippen LogP contribution is 2.37. The van der Waals surface area contributed by atoms with E-state index in [1.807, 2.05) is 0 Å². The molecule has 4 nitrogen and oxygen atoms in total. The van der Waals surface area contributed by atoms with E-state index in [1.165, 1.54) is 12.1 Å². The second-order valence-corrected chi connectivity index (χ2v) is 8.20. The number of nitrogens with two attached hydrogens (primary N) is 1. The molecule has 0 amide bonds. The van der Waals surface area contributed by atoms with Gasteiger partial charge in [-0.15, -0.1) is 0 Å². The van der Waals surface area contributed by atoms with Crippen molar-refractivity contribution in [3.05, 3.63) is 22.2 Å². The first kappa shape index (κ1) is 15.9. The second-order valence-electron chi connectivity index (χ2n) is 5.65. The molecule has 1 fully saturated rings. The Morgan fingerprint density at radius 2 is 1.90 bits per heavy atom. The molecule has 0 radical (unpaired) electrons. The average molecular weight is 337 g/mol. The quantitative estimate of drug-likeness (QED) is 0.827. The van der Waals surface area contributed by atoms with Gasteiger partial charge in [-0.3, -0.25) is 0 Å². The third kappa shape index (κ3) is 3.39. The van der Waals surface area contributed by atoms with E-state index in [-0.39, 0.29) is 21.0 Å². The Kier molecular flexibility index (Phi) is 4.54. The maximum Gasteiger partial charge on any atom is 0.244 e. The molecule has 0 aromatic heterocycles. The molecule has 1 aromatic rings. The number of rotatable bonds is 4. The van der Waals surface area contributed by atoms with Gasteiger partial charge in [0.15, 0.2) is 0 Å². The molecule has 0 saturated heterocycles. The molecule has 0 atom stereocenters. The zero-order chi connectivity index (χ0) is 15.0. The molecule has 3 N–H and O–H groups in total. The van der Waals surface area contributed by atoms with E-state index in [9.17, 15) is 8.42 Å². The maximum atomic E-state index is 12.4. The lowest BCUT2D eigenvalue weighted by atomic mass is 9.89. The van der Waals surface area contributed by atoms with Gasteiger partial charge in [0.1, 0.15) is 4.90 Å². The molecule has 2 rings (SSSR count). The predicted molar refractivity (Wildman–Crippen MR) is 82.6 cm³/mol. The molecule has 0 heterocycles. The van der Waals surface area contributed by atoms with Gasteiger partial charge < -0.3 is 5.73 Å². The van der Waals surface area contributed by atoms with Gasteiger partial charge >= 0.3 is 0 Å². The van der Waals surface area contributed by atoms with E-state index in [0.717, 1.165) is 25.7 Å². The van der Waals surface area contributed by atoms with Gasteiger partial charge in [-0.25, -0.2) is 13.1 Å². The van der Waals surface area contributed by atoms with Crippen LogP contribution in [0.4, 0.5) is 5.69 Å². The summed E-state index contributed by atoms with van der Waals surface area (Å²) in [5.74, 6) is 0. The van der Waals surface area contributed by atoms with Crippen molar-refractivity contribution >= 4 is 38.9 Å². The molecule has 112 valence electrons. The molecule has 0 unspecified atom stereocenters. The average Bonchev–Trinajstić information content (AvgIpc) is 2.73. The van der Waals surface area contributed by atoms with E-state index in [1.54, 1.807) is 0 Å². The molecule has 1 saturated carbocycles. The van der Waals surface area contributed by atoms with E-state index >= 15 is 0 Å².